The van der Waals surface area contributed by atoms with Crippen LogP contribution in [-0.2, 0) is 4.74 Å². The fraction of sp³-hybridized carbons (Fsp3) is 0.316. The van der Waals surface area contributed by atoms with Gasteiger partial charge >= 0.3 is 6.09 Å². The molecule has 2 aromatic heterocycles. The lowest BCUT2D eigenvalue weighted by molar-refractivity contribution is 0.0609. The first-order valence-electron chi connectivity index (χ1n) is 8.17. The van der Waals surface area contributed by atoms with Crippen molar-refractivity contribution in [2.75, 3.05) is 5.43 Å². The number of fused-ring (bicyclic) bond motifs is 1. The number of benzene rings is 1. The highest BCUT2D eigenvalue weighted by Gasteiger charge is 2.20. The van der Waals surface area contributed by atoms with Gasteiger partial charge in [0.15, 0.2) is 0 Å². The van der Waals surface area contributed by atoms with Crippen molar-refractivity contribution in [3.05, 3.63) is 47.8 Å². The smallest absolute Gasteiger partial charge is 0.428 e. The Balaban J connectivity index is 1.94. The molecule has 3 rings (SSSR count). The van der Waals surface area contributed by atoms with Crippen LogP contribution in [0.25, 0.3) is 22.2 Å². The molecular weight excluding hydrogens is 316 g/mol. The molecule has 0 unspecified atom stereocenters. The predicted octanol–water partition coefficient (Wildman–Crippen LogP) is 4.19. The SMILES string of the molecule is Cc1nn(NC(=O)OC(C)(C)C)c(C)c1-c1ccc2ccccc2n1. The van der Waals surface area contributed by atoms with Crippen LogP contribution in [0, 0.1) is 13.8 Å². The molecule has 2 heterocycles. The number of nitrogens with zero attached hydrogens (tertiary/aromatic N) is 3. The van der Waals surface area contributed by atoms with Crippen molar-refractivity contribution in [3.63, 3.8) is 0 Å². The van der Waals surface area contributed by atoms with Crippen LogP contribution in [0.2, 0.25) is 0 Å². The number of hydrogen-bond donors (Lipinski definition) is 1. The van der Waals surface area contributed by atoms with Crippen molar-refractivity contribution in [1.29, 1.82) is 0 Å². The average molecular weight is 338 g/mol. The molecule has 0 saturated heterocycles. The van der Waals surface area contributed by atoms with Gasteiger partial charge in [-0.25, -0.2) is 15.2 Å². The zero-order valence-corrected chi connectivity index (χ0v) is 15.1. The van der Waals surface area contributed by atoms with E-state index in [9.17, 15) is 4.79 Å². The Hall–Kier alpha value is -2.89. The largest absolute Gasteiger partial charge is 0.443 e. The van der Waals surface area contributed by atoms with Crippen molar-refractivity contribution in [2.24, 2.45) is 0 Å². The van der Waals surface area contributed by atoms with Gasteiger partial charge in [0, 0.05) is 10.9 Å². The summed E-state index contributed by atoms with van der Waals surface area (Å²) in [5.41, 5.74) is 6.32. The normalized spacial score (nSPS) is 11.6. The molecule has 1 amide bonds. The summed E-state index contributed by atoms with van der Waals surface area (Å²) in [6, 6.07) is 12.0. The number of pyridine rings is 1. The number of para-hydroxylation sites is 1. The number of ether oxygens (including phenoxy) is 1. The van der Waals surface area contributed by atoms with Crippen molar-refractivity contribution < 1.29 is 9.53 Å². The second-order valence-corrected chi connectivity index (χ2v) is 6.96. The number of carbonyl (C=O) groups excluding carboxylic acids is 1. The summed E-state index contributed by atoms with van der Waals surface area (Å²) in [7, 11) is 0. The minimum atomic E-state index is -0.567. The Bertz CT molecular complexity index is 938. The summed E-state index contributed by atoms with van der Waals surface area (Å²) >= 11 is 0. The molecule has 0 fully saturated rings. The third-order valence-electron chi connectivity index (χ3n) is 3.74. The van der Waals surface area contributed by atoms with E-state index in [1.165, 1.54) is 4.79 Å². The van der Waals surface area contributed by atoms with E-state index in [2.05, 4.69) is 10.5 Å². The van der Waals surface area contributed by atoms with E-state index in [1.54, 1.807) is 0 Å². The van der Waals surface area contributed by atoms with Crippen LogP contribution in [0.5, 0.6) is 0 Å². The molecule has 0 radical (unpaired) electrons. The molecule has 25 heavy (non-hydrogen) atoms. The number of rotatable bonds is 2. The molecule has 6 nitrogen and oxygen atoms in total. The Labute approximate surface area is 146 Å². The van der Waals surface area contributed by atoms with Crippen molar-refractivity contribution in [2.45, 2.75) is 40.2 Å². The van der Waals surface area contributed by atoms with Gasteiger partial charge in [0.2, 0.25) is 0 Å². The highest BCUT2D eigenvalue weighted by molar-refractivity contribution is 5.82. The Morgan fingerprint density at radius 1 is 1.12 bits per heavy atom. The highest BCUT2D eigenvalue weighted by atomic mass is 16.6. The molecule has 6 heteroatoms. The predicted molar refractivity (Wildman–Crippen MR) is 98.0 cm³/mol. The number of hydrogen-bond acceptors (Lipinski definition) is 4. The lowest BCUT2D eigenvalue weighted by atomic mass is 10.1. The van der Waals surface area contributed by atoms with E-state index < -0.39 is 11.7 Å². The Morgan fingerprint density at radius 3 is 2.56 bits per heavy atom. The van der Waals surface area contributed by atoms with Gasteiger partial charge in [0.1, 0.15) is 5.60 Å². The third-order valence-corrected chi connectivity index (χ3v) is 3.74. The van der Waals surface area contributed by atoms with E-state index >= 15 is 0 Å². The van der Waals surface area contributed by atoms with Crippen LogP contribution in [-0.4, -0.2) is 26.6 Å². The molecule has 0 bridgehead atoms. The minimum absolute atomic E-state index is 0.545. The number of aromatic nitrogens is 3. The summed E-state index contributed by atoms with van der Waals surface area (Å²) in [6.07, 6.45) is -0.545. The van der Waals surface area contributed by atoms with E-state index in [-0.39, 0.29) is 0 Å². The first-order chi connectivity index (χ1) is 11.7. The molecular formula is C19H22N4O2. The zero-order valence-electron chi connectivity index (χ0n) is 15.1. The summed E-state index contributed by atoms with van der Waals surface area (Å²) < 4.78 is 5.28. The van der Waals surface area contributed by atoms with Gasteiger partial charge < -0.3 is 4.74 Å². The number of nitrogens with one attached hydrogen (secondary N) is 1. The number of aryl methyl sites for hydroxylation is 1. The van der Waals surface area contributed by atoms with Crippen LogP contribution in [0.15, 0.2) is 36.4 Å². The molecule has 0 aliphatic carbocycles. The fourth-order valence-electron chi connectivity index (χ4n) is 2.71. The molecule has 0 aliphatic heterocycles. The number of carbonyl (C=O) groups is 1. The van der Waals surface area contributed by atoms with Crippen LogP contribution < -0.4 is 5.43 Å². The standard InChI is InChI=1S/C19H22N4O2/c1-12-17(16-11-10-14-8-6-7-9-15(14)20-16)13(2)23(21-12)22-18(24)25-19(3,4)5/h6-11H,1-5H3,(H,22,24). The highest BCUT2D eigenvalue weighted by Crippen LogP contribution is 2.26. The van der Waals surface area contributed by atoms with Gasteiger partial charge in [-0.1, -0.05) is 24.3 Å². The quantitative estimate of drug-likeness (QED) is 0.760. The fourth-order valence-corrected chi connectivity index (χ4v) is 2.71. The topological polar surface area (TPSA) is 69.0 Å². The molecule has 3 aromatic rings. The minimum Gasteiger partial charge on any atom is -0.443 e. The van der Waals surface area contributed by atoms with Crippen molar-refractivity contribution >= 4 is 17.0 Å². The summed E-state index contributed by atoms with van der Waals surface area (Å²) in [6.45, 7) is 9.24. The van der Waals surface area contributed by atoms with Crippen molar-refractivity contribution in [1.82, 2.24) is 14.9 Å². The molecule has 0 spiro atoms. The monoisotopic (exact) mass is 338 g/mol. The van der Waals surface area contributed by atoms with E-state index in [0.717, 1.165) is 33.5 Å². The van der Waals surface area contributed by atoms with Gasteiger partial charge in [-0.2, -0.15) is 9.89 Å². The second kappa shape index (κ2) is 6.20. The van der Waals surface area contributed by atoms with Gasteiger partial charge in [-0.05, 0) is 46.8 Å². The molecule has 0 aliphatic rings. The molecule has 0 atom stereocenters. The van der Waals surface area contributed by atoms with Crippen LogP contribution >= 0.6 is 0 Å². The van der Waals surface area contributed by atoms with Crippen molar-refractivity contribution in [3.8, 4) is 11.3 Å². The molecule has 1 N–H and O–H groups in total. The molecule has 130 valence electrons. The maximum absolute atomic E-state index is 12.0. The first kappa shape index (κ1) is 17.0. The third kappa shape index (κ3) is 3.63. The first-order valence-corrected chi connectivity index (χ1v) is 8.17. The van der Waals surface area contributed by atoms with Crippen LogP contribution in [0.1, 0.15) is 32.2 Å². The lowest BCUT2D eigenvalue weighted by Gasteiger charge is -2.19. The van der Waals surface area contributed by atoms with E-state index in [1.807, 2.05) is 71.0 Å². The van der Waals surface area contributed by atoms with Gasteiger partial charge in [-0.15, -0.1) is 0 Å². The lowest BCUT2D eigenvalue weighted by Crippen LogP contribution is -2.32. The molecule has 0 saturated carbocycles. The second-order valence-electron chi connectivity index (χ2n) is 6.96. The van der Waals surface area contributed by atoms with Gasteiger partial charge in [-0.3, -0.25) is 0 Å². The van der Waals surface area contributed by atoms with Crippen LogP contribution in [0.4, 0.5) is 4.79 Å². The maximum atomic E-state index is 12.0. The van der Waals surface area contributed by atoms with E-state index in [4.69, 9.17) is 9.72 Å². The Morgan fingerprint density at radius 2 is 1.84 bits per heavy atom. The van der Waals surface area contributed by atoms with Crippen LogP contribution in [0.3, 0.4) is 0 Å². The van der Waals surface area contributed by atoms with Gasteiger partial charge in [0.25, 0.3) is 0 Å². The zero-order chi connectivity index (χ0) is 18.2. The Kier molecular flexibility index (Phi) is 4.20. The van der Waals surface area contributed by atoms with Gasteiger partial charge in [0.05, 0.1) is 22.6 Å². The summed E-state index contributed by atoms with van der Waals surface area (Å²) in [4.78, 5) is 18.2. The van der Waals surface area contributed by atoms with E-state index in [0.29, 0.717) is 0 Å². The number of amides is 1. The molecule has 1 aromatic carbocycles. The average Bonchev–Trinajstić information content (AvgIpc) is 2.79. The summed E-state index contributed by atoms with van der Waals surface area (Å²) in [5.74, 6) is 0. The summed E-state index contributed by atoms with van der Waals surface area (Å²) in [5, 5.41) is 5.49. The maximum Gasteiger partial charge on any atom is 0.428 e.